The molecule has 19 heavy (non-hydrogen) atoms. The molecule has 0 aliphatic heterocycles. The minimum absolute atomic E-state index is 0.104. The van der Waals surface area contributed by atoms with Gasteiger partial charge in [0.2, 0.25) is 0 Å². The Bertz CT molecular complexity index is 472. The first-order chi connectivity index (χ1) is 9.20. The summed E-state index contributed by atoms with van der Waals surface area (Å²) in [6.45, 7) is 0.348. The van der Waals surface area contributed by atoms with Crippen LogP contribution >= 0.6 is 12.2 Å². The Morgan fingerprint density at radius 2 is 2.21 bits per heavy atom. The largest absolute Gasteiger partial charge is 0.355 e. The molecule has 1 saturated carbocycles. The zero-order valence-corrected chi connectivity index (χ0v) is 12.1. The smallest absolute Gasteiger partial charge is 0.106 e. The average molecular weight is 273 g/mol. The first kappa shape index (κ1) is 14.0. The van der Waals surface area contributed by atoms with Gasteiger partial charge in [0.15, 0.2) is 0 Å². The second kappa shape index (κ2) is 6.12. The lowest BCUT2D eigenvalue weighted by atomic mass is 9.69. The van der Waals surface area contributed by atoms with Crippen molar-refractivity contribution >= 4 is 17.2 Å². The topological polar surface area (TPSA) is 39.9 Å². The summed E-state index contributed by atoms with van der Waals surface area (Å²) in [7, 11) is 1.91. The maximum Gasteiger partial charge on any atom is 0.106 e. The molecule has 0 saturated heterocycles. The van der Waals surface area contributed by atoms with Crippen LogP contribution in [0.5, 0.6) is 0 Å². The quantitative estimate of drug-likeness (QED) is 0.627. The molecule has 4 heteroatoms. The SMILES string of the molecule is CN(CC#N)C(=S)C1(c2cccnc2)CCCCC1. The van der Waals surface area contributed by atoms with Crippen LogP contribution in [0.15, 0.2) is 24.5 Å². The Morgan fingerprint density at radius 1 is 1.47 bits per heavy atom. The van der Waals surface area contributed by atoms with Crippen molar-refractivity contribution in [1.29, 1.82) is 5.26 Å². The lowest BCUT2D eigenvalue weighted by Gasteiger charge is -2.41. The second-order valence-electron chi connectivity index (χ2n) is 5.20. The van der Waals surface area contributed by atoms with Crippen LogP contribution in [0.4, 0.5) is 0 Å². The fourth-order valence-corrected chi connectivity index (χ4v) is 3.36. The molecule has 100 valence electrons. The number of nitrogens with zero attached hydrogens (tertiary/aromatic N) is 3. The predicted molar refractivity (Wildman–Crippen MR) is 79.8 cm³/mol. The van der Waals surface area contributed by atoms with Crippen molar-refractivity contribution in [3.05, 3.63) is 30.1 Å². The monoisotopic (exact) mass is 273 g/mol. The maximum absolute atomic E-state index is 8.87. The molecule has 2 rings (SSSR count). The van der Waals surface area contributed by atoms with Crippen LogP contribution in [0.3, 0.4) is 0 Å². The van der Waals surface area contributed by atoms with Gasteiger partial charge in [0.05, 0.1) is 11.1 Å². The van der Waals surface area contributed by atoms with Gasteiger partial charge in [-0.2, -0.15) is 5.26 Å². The van der Waals surface area contributed by atoms with Crippen LogP contribution in [0.2, 0.25) is 0 Å². The van der Waals surface area contributed by atoms with Crippen molar-refractivity contribution in [3.8, 4) is 6.07 Å². The first-order valence-electron chi connectivity index (χ1n) is 6.74. The first-order valence-corrected chi connectivity index (χ1v) is 7.14. The van der Waals surface area contributed by atoms with Gasteiger partial charge in [0.1, 0.15) is 6.54 Å². The molecule has 0 bridgehead atoms. The van der Waals surface area contributed by atoms with Crippen LogP contribution in [-0.4, -0.2) is 28.5 Å². The van der Waals surface area contributed by atoms with Crippen LogP contribution < -0.4 is 0 Å². The van der Waals surface area contributed by atoms with Crippen molar-refractivity contribution in [2.45, 2.75) is 37.5 Å². The fraction of sp³-hybridized carbons (Fsp3) is 0.533. The van der Waals surface area contributed by atoms with Gasteiger partial charge >= 0.3 is 0 Å². The number of hydrogen-bond acceptors (Lipinski definition) is 3. The lowest BCUT2D eigenvalue weighted by Crippen LogP contribution is -2.45. The highest BCUT2D eigenvalue weighted by atomic mass is 32.1. The van der Waals surface area contributed by atoms with Crippen molar-refractivity contribution in [1.82, 2.24) is 9.88 Å². The molecule has 0 aromatic carbocycles. The number of thiocarbonyl (C=S) groups is 1. The molecule has 1 aliphatic rings. The zero-order valence-electron chi connectivity index (χ0n) is 11.3. The third kappa shape index (κ3) is 2.76. The molecule has 1 aliphatic carbocycles. The number of likely N-dealkylation sites (N-methyl/N-ethyl adjacent to an activating group) is 1. The lowest BCUT2D eigenvalue weighted by molar-refractivity contribution is 0.353. The predicted octanol–water partition coefficient (Wildman–Crippen LogP) is 3.07. The molecule has 0 amide bonds. The van der Waals surface area contributed by atoms with Gasteiger partial charge in [-0.15, -0.1) is 0 Å². The van der Waals surface area contributed by atoms with Crippen molar-refractivity contribution in [3.63, 3.8) is 0 Å². The normalized spacial score (nSPS) is 17.5. The van der Waals surface area contributed by atoms with Gasteiger partial charge in [0, 0.05) is 24.9 Å². The van der Waals surface area contributed by atoms with Gasteiger partial charge in [-0.1, -0.05) is 37.5 Å². The average Bonchev–Trinajstić information content (AvgIpc) is 2.48. The molecule has 0 radical (unpaired) electrons. The van der Waals surface area contributed by atoms with Gasteiger partial charge in [0.25, 0.3) is 0 Å². The van der Waals surface area contributed by atoms with E-state index >= 15 is 0 Å². The van der Waals surface area contributed by atoms with Crippen LogP contribution in [0.25, 0.3) is 0 Å². The van der Waals surface area contributed by atoms with E-state index in [1.807, 2.05) is 24.2 Å². The maximum atomic E-state index is 8.87. The summed E-state index contributed by atoms with van der Waals surface area (Å²) >= 11 is 5.70. The van der Waals surface area contributed by atoms with Gasteiger partial charge in [-0.05, 0) is 24.5 Å². The summed E-state index contributed by atoms with van der Waals surface area (Å²) in [5, 5.41) is 8.87. The molecule has 1 fully saturated rings. The van der Waals surface area contributed by atoms with Crippen molar-refractivity contribution < 1.29 is 0 Å². The van der Waals surface area contributed by atoms with E-state index in [0.717, 1.165) is 17.8 Å². The number of nitriles is 1. The van der Waals surface area contributed by atoms with Gasteiger partial charge in [-0.25, -0.2) is 0 Å². The summed E-state index contributed by atoms with van der Waals surface area (Å²) in [4.78, 5) is 7.05. The third-order valence-corrected chi connectivity index (χ3v) is 4.69. The minimum Gasteiger partial charge on any atom is -0.355 e. The number of hydrogen-bond donors (Lipinski definition) is 0. The second-order valence-corrected chi connectivity index (χ2v) is 5.59. The van der Waals surface area contributed by atoms with E-state index in [-0.39, 0.29) is 5.41 Å². The number of aromatic nitrogens is 1. The summed E-state index contributed by atoms with van der Waals surface area (Å²) < 4.78 is 0. The molecular weight excluding hydrogens is 254 g/mol. The van der Waals surface area contributed by atoms with Gasteiger partial charge in [-0.3, -0.25) is 4.98 Å². The molecule has 3 nitrogen and oxygen atoms in total. The highest BCUT2D eigenvalue weighted by molar-refractivity contribution is 7.80. The van der Waals surface area contributed by atoms with E-state index in [1.165, 1.54) is 24.8 Å². The van der Waals surface area contributed by atoms with E-state index < -0.39 is 0 Å². The Labute approximate surface area is 120 Å². The molecule has 1 aromatic rings. The summed E-state index contributed by atoms with van der Waals surface area (Å²) in [6.07, 6.45) is 9.50. The molecule has 1 aromatic heterocycles. The molecule has 0 spiro atoms. The summed E-state index contributed by atoms with van der Waals surface area (Å²) in [5.74, 6) is 0. The van der Waals surface area contributed by atoms with Gasteiger partial charge < -0.3 is 4.90 Å². The van der Waals surface area contributed by atoms with Crippen LogP contribution in [0.1, 0.15) is 37.7 Å². The Hall–Kier alpha value is -1.47. The summed E-state index contributed by atoms with van der Waals surface area (Å²) in [5.41, 5.74) is 1.09. The standard InChI is InChI=1S/C15H19N3S/c1-18(11-9-16)14(19)15(7-3-2-4-8-15)13-6-5-10-17-12-13/h5-6,10,12H,2-4,7-8,11H2,1H3. The molecule has 0 unspecified atom stereocenters. The fourth-order valence-electron chi connectivity index (χ4n) is 2.97. The van der Waals surface area contributed by atoms with Crippen molar-refractivity contribution in [2.75, 3.05) is 13.6 Å². The summed E-state index contributed by atoms with van der Waals surface area (Å²) in [6, 6.07) is 6.27. The minimum atomic E-state index is -0.104. The van der Waals surface area contributed by atoms with E-state index in [9.17, 15) is 0 Å². The van der Waals surface area contributed by atoms with Crippen LogP contribution in [0, 0.1) is 11.3 Å². The Morgan fingerprint density at radius 3 is 2.79 bits per heavy atom. The molecule has 0 atom stereocenters. The molecule has 1 heterocycles. The number of rotatable bonds is 3. The molecular formula is C15H19N3S. The molecule has 0 N–H and O–H groups in total. The van der Waals surface area contributed by atoms with Crippen LogP contribution in [-0.2, 0) is 5.41 Å². The zero-order chi connectivity index (χ0) is 13.7. The Kier molecular flexibility index (Phi) is 4.49. The van der Waals surface area contributed by atoms with Crippen molar-refractivity contribution in [2.24, 2.45) is 0 Å². The van der Waals surface area contributed by atoms with E-state index in [2.05, 4.69) is 17.1 Å². The Balaban J connectivity index is 2.35. The highest BCUT2D eigenvalue weighted by Gasteiger charge is 2.39. The van der Waals surface area contributed by atoms with E-state index in [4.69, 9.17) is 17.5 Å². The van der Waals surface area contributed by atoms with E-state index in [1.54, 1.807) is 6.20 Å². The highest BCUT2D eigenvalue weighted by Crippen LogP contribution is 2.41. The van der Waals surface area contributed by atoms with E-state index in [0.29, 0.717) is 6.54 Å². The third-order valence-electron chi connectivity index (χ3n) is 3.99. The number of pyridine rings is 1.